The minimum absolute atomic E-state index is 0.156. The van der Waals surface area contributed by atoms with Crippen molar-refractivity contribution >= 4 is 6.29 Å². The average molecular weight is 486 g/mol. The zero-order valence-corrected chi connectivity index (χ0v) is 21.8. The van der Waals surface area contributed by atoms with Crippen LogP contribution in [0.5, 0.6) is 0 Å². The second-order valence-corrected chi connectivity index (χ2v) is 9.68. The van der Waals surface area contributed by atoms with Crippen LogP contribution in [-0.2, 0) is 11.2 Å². The van der Waals surface area contributed by atoms with Crippen LogP contribution in [0, 0.1) is 5.82 Å². The lowest BCUT2D eigenvalue weighted by Gasteiger charge is -2.28. The Kier molecular flexibility index (Phi) is 11.1. The number of halogens is 1. The first kappa shape index (κ1) is 27.5. The molecule has 0 amide bonds. The largest absolute Gasteiger partial charge is 0.317 e. The summed E-state index contributed by atoms with van der Waals surface area (Å²) in [5, 5.41) is 3.40. The normalized spacial score (nSPS) is 17.1. The molecule has 1 aliphatic rings. The summed E-state index contributed by atoms with van der Waals surface area (Å²) in [5.74, 6) is 0.475. The molecule has 0 saturated heterocycles. The summed E-state index contributed by atoms with van der Waals surface area (Å²) in [6.45, 7) is 5.34. The van der Waals surface area contributed by atoms with Crippen LogP contribution >= 0.6 is 0 Å². The molecule has 0 bridgehead atoms. The maximum absolute atomic E-state index is 15.0. The summed E-state index contributed by atoms with van der Waals surface area (Å²) in [6, 6.07) is 23.5. The lowest BCUT2D eigenvalue weighted by atomic mass is 9.81. The molecule has 0 radical (unpaired) electrons. The number of nitrogens with one attached hydrogen (secondary N) is 1. The Morgan fingerprint density at radius 1 is 0.889 bits per heavy atom. The van der Waals surface area contributed by atoms with Crippen molar-refractivity contribution in [1.82, 2.24) is 5.32 Å². The number of unbranched alkanes of at least 4 members (excludes halogenated alkanes) is 2. The molecule has 0 spiro atoms. The molecule has 0 aromatic heterocycles. The lowest BCUT2D eigenvalue weighted by molar-refractivity contribution is -0.104. The molecule has 4 rings (SSSR count). The Morgan fingerprint density at radius 2 is 1.50 bits per heavy atom. The molecule has 2 nitrogen and oxygen atoms in total. The molecule has 190 valence electrons. The van der Waals surface area contributed by atoms with Crippen molar-refractivity contribution in [1.29, 1.82) is 0 Å². The highest BCUT2D eigenvalue weighted by Crippen LogP contribution is 2.34. The first-order valence-corrected chi connectivity index (χ1v) is 13.3. The predicted molar refractivity (Wildman–Crippen MR) is 151 cm³/mol. The Hall–Kier alpha value is -3.04. The molecule has 1 N–H and O–H groups in total. The molecule has 0 unspecified atom stereocenters. The summed E-state index contributed by atoms with van der Waals surface area (Å²) in [4.78, 5) is 9.06. The van der Waals surface area contributed by atoms with Gasteiger partial charge in [0.05, 0.1) is 0 Å². The molecule has 1 fully saturated rings. The van der Waals surface area contributed by atoms with Gasteiger partial charge < -0.3 is 5.32 Å². The fourth-order valence-electron chi connectivity index (χ4n) is 5.02. The van der Waals surface area contributed by atoms with Crippen LogP contribution in [0.15, 0.2) is 79.4 Å². The van der Waals surface area contributed by atoms with Crippen molar-refractivity contribution in [2.45, 2.75) is 70.3 Å². The SMILES string of the molecule is C=CC=O.CCCCCc1ccc(-c2ccc(-c3ccc(C4CCC(NC)CC4)cc3)c(F)c2)cc1. The molecule has 1 aliphatic carbocycles. The van der Waals surface area contributed by atoms with Crippen molar-refractivity contribution in [3.05, 3.63) is 96.3 Å². The Balaban J connectivity index is 0.000000840. The maximum atomic E-state index is 15.0. The maximum Gasteiger partial charge on any atom is 0.142 e. The van der Waals surface area contributed by atoms with Gasteiger partial charge in [-0.05, 0) is 91.5 Å². The molecule has 0 atom stereocenters. The molecule has 3 heteroatoms. The molecule has 0 heterocycles. The van der Waals surface area contributed by atoms with Crippen LogP contribution in [0.4, 0.5) is 4.39 Å². The highest BCUT2D eigenvalue weighted by atomic mass is 19.1. The molecule has 0 aliphatic heterocycles. The number of hydrogen-bond acceptors (Lipinski definition) is 2. The second-order valence-electron chi connectivity index (χ2n) is 9.68. The molecule has 3 aromatic rings. The van der Waals surface area contributed by atoms with E-state index in [-0.39, 0.29) is 5.82 Å². The smallest absolute Gasteiger partial charge is 0.142 e. The van der Waals surface area contributed by atoms with Crippen LogP contribution in [0.25, 0.3) is 22.3 Å². The van der Waals surface area contributed by atoms with Crippen molar-refractivity contribution in [3.8, 4) is 22.3 Å². The monoisotopic (exact) mass is 485 g/mol. The van der Waals surface area contributed by atoms with Gasteiger partial charge in [-0.25, -0.2) is 4.39 Å². The lowest BCUT2D eigenvalue weighted by Crippen LogP contribution is -2.29. The van der Waals surface area contributed by atoms with E-state index in [9.17, 15) is 0 Å². The van der Waals surface area contributed by atoms with Gasteiger partial charge in [0, 0.05) is 11.6 Å². The van der Waals surface area contributed by atoms with Gasteiger partial charge in [0.15, 0.2) is 0 Å². The minimum Gasteiger partial charge on any atom is -0.317 e. The molecule has 36 heavy (non-hydrogen) atoms. The van der Waals surface area contributed by atoms with E-state index < -0.39 is 0 Å². The van der Waals surface area contributed by atoms with Gasteiger partial charge in [0.25, 0.3) is 0 Å². The fraction of sp³-hybridized carbons (Fsp3) is 0.364. The Morgan fingerprint density at radius 3 is 2.06 bits per heavy atom. The summed E-state index contributed by atoms with van der Waals surface area (Å²) in [6.07, 6.45) is 11.6. The number of aldehydes is 1. The zero-order valence-electron chi connectivity index (χ0n) is 21.8. The second kappa shape index (κ2) is 14.5. The van der Waals surface area contributed by atoms with Gasteiger partial charge in [-0.15, -0.1) is 0 Å². The van der Waals surface area contributed by atoms with E-state index in [1.807, 2.05) is 12.1 Å². The van der Waals surface area contributed by atoms with E-state index in [0.29, 0.717) is 23.8 Å². The number of carbonyl (C=O) groups excluding carboxylic acids is 1. The molecular formula is C33H40FNO. The summed E-state index contributed by atoms with van der Waals surface area (Å²) < 4.78 is 15.0. The third-order valence-corrected chi connectivity index (χ3v) is 7.25. The molecule has 1 saturated carbocycles. The fourth-order valence-corrected chi connectivity index (χ4v) is 5.02. The van der Waals surface area contributed by atoms with Gasteiger partial charge in [0.2, 0.25) is 0 Å². The van der Waals surface area contributed by atoms with Crippen molar-refractivity contribution in [2.75, 3.05) is 7.05 Å². The van der Waals surface area contributed by atoms with Crippen LogP contribution in [-0.4, -0.2) is 19.4 Å². The zero-order chi connectivity index (χ0) is 25.8. The third kappa shape index (κ3) is 7.73. The number of carbonyl (C=O) groups is 1. The summed E-state index contributed by atoms with van der Waals surface area (Å²) in [7, 11) is 2.06. The van der Waals surface area contributed by atoms with E-state index in [1.54, 1.807) is 6.07 Å². The Bertz CT molecular complexity index is 1070. The van der Waals surface area contributed by atoms with Crippen LogP contribution in [0.1, 0.15) is 68.9 Å². The standard InChI is InChI=1S/C30H36FN.C3H4O/c1-3-4-5-6-22-7-9-25(10-8-22)27-17-20-29(30(31)21-27)26-13-11-23(12-14-26)24-15-18-28(32-2)19-16-24;1-2-3-4/h7-14,17,20-21,24,28,32H,3-6,15-16,18-19H2,1-2H3;2-3H,1H2. The van der Waals surface area contributed by atoms with Gasteiger partial charge in [-0.2, -0.15) is 0 Å². The highest BCUT2D eigenvalue weighted by molar-refractivity contribution is 5.71. The predicted octanol–water partition coefficient (Wildman–Crippen LogP) is 8.51. The number of hydrogen-bond donors (Lipinski definition) is 1. The number of rotatable bonds is 9. The topological polar surface area (TPSA) is 29.1 Å². The van der Waals surface area contributed by atoms with Gasteiger partial charge in [-0.3, -0.25) is 4.79 Å². The third-order valence-electron chi connectivity index (χ3n) is 7.25. The van der Waals surface area contributed by atoms with Gasteiger partial charge in [0.1, 0.15) is 12.1 Å². The van der Waals surface area contributed by atoms with Crippen molar-refractivity contribution in [3.63, 3.8) is 0 Å². The van der Waals surface area contributed by atoms with E-state index in [0.717, 1.165) is 23.1 Å². The van der Waals surface area contributed by atoms with Crippen LogP contribution < -0.4 is 5.32 Å². The highest BCUT2D eigenvalue weighted by Gasteiger charge is 2.21. The molecule has 3 aromatic carbocycles. The number of aryl methyl sites for hydroxylation is 1. The quantitative estimate of drug-likeness (QED) is 0.187. The summed E-state index contributed by atoms with van der Waals surface area (Å²) in [5.41, 5.74) is 6.38. The van der Waals surface area contributed by atoms with Crippen molar-refractivity contribution < 1.29 is 9.18 Å². The summed E-state index contributed by atoms with van der Waals surface area (Å²) >= 11 is 0. The Labute approximate surface area is 216 Å². The minimum atomic E-state index is -0.156. The van der Waals surface area contributed by atoms with Crippen LogP contribution in [0.3, 0.4) is 0 Å². The van der Waals surface area contributed by atoms with Crippen LogP contribution in [0.2, 0.25) is 0 Å². The van der Waals surface area contributed by atoms with Gasteiger partial charge >= 0.3 is 0 Å². The van der Waals surface area contributed by atoms with E-state index in [1.165, 1.54) is 62.1 Å². The first-order valence-electron chi connectivity index (χ1n) is 13.3. The number of benzene rings is 3. The molecular weight excluding hydrogens is 445 g/mol. The van der Waals surface area contributed by atoms with Gasteiger partial charge in [-0.1, -0.05) is 87.0 Å². The van der Waals surface area contributed by atoms with E-state index in [4.69, 9.17) is 4.79 Å². The van der Waals surface area contributed by atoms with E-state index >= 15 is 4.39 Å². The van der Waals surface area contributed by atoms with E-state index in [2.05, 4.69) is 74.4 Å². The van der Waals surface area contributed by atoms with Crippen molar-refractivity contribution in [2.24, 2.45) is 0 Å². The number of allylic oxidation sites excluding steroid dienone is 1. The first-order chi connectivity index (χ1) is 17.6. The average Bonchev–Trinajstić information content (AvgIpc) is 2.94.